The Hall–Kier alpha value is -1.44. The van der Waals surface area contributed by atoms with Gasteiger partial charge in [0.1, 0.15) is 0 Å². The molecule has 0 spiro atoms. The molecule has 7 heteroatoms. The van der Waals surface area contributed by atoms with E-state index in [1.165, 1.54) is 0 Å². The smallest absolute Gasteiger partial charge is 0.213 e. The second-order valence-electron chi connectivity index (χ2n) is 4.22. The van der Waals surface area contributed by atoms with Gasteiger partial charge in [0.25, 0.3) is 0 Å². The van der Waals surface area contributed by atoms with Crippen LogP contribution in [-0.4, -0.2) is 13.4 Å². The minimum absolute atomic E-state index is 0.140. The van der Waals surface area contributed by atoms with Crippen molar-refractivity contribution in [2.24, 2.45) is 5.14 Å². The lowest BCUT2D eigenvalue weighted by Crippen LogP contribution is -2.14. The Balaban J connectivity index is 1.95. The van der Waals surface area contributed by atoms with Gasteiger partial charge in [-0.1, -0.05) is 12.1 Å². The van der Waals surface area contributed by atoms with Crippen LogP contribution in [0.15, 0.2) is 29.6 Å². The predicted octanol–water partition coefficient (Wildman–Crippen LogP) is 1.85. The highest BCUT2D eigenvalue weighted by Gasteiger charge is 2.04. The van der Waals surface area contributed by atoms with Crippen molar-refractivity contribution in [3.63, 3.8) is 0 Å². The largest absolute Gasteiger partial charge is 0.379 e. The van der Waals surface area contributed by atoms with Crippen molar-refractivity contribution in [2.75, 3.05) is 5.32 Å². The van der Waals surface area contributed by atoms with Crippen molar-refractivity contribution in [3.8, 4) is 0 Å². The normalized spacial score (nSPS) is 11.5. The van der Waals surface area contributed by atoms with Gasteiger partial charge in [-0.25, -0.2) is 18.5 Å². The van der Waals surface area contributed by atoms with E-state index in [2.05, 4.69) is 10.3 Å². The molecule has 3 N–H and O–H groups in total. The van der Waals surface area contributed by atoms with E-state index in [0.717, 1.165) is 16.4 Å². The summed E-state index contributed by atoms with van der Waals surface area (Å²) in [6.07, 6.45) is 0. The van der Waals surface area contributed by atoms with E-state index in [0.29, 0.717) is 12.1 Å². The zero-order valence-corrected chi connectivity index (χ0v) is 12.1. The van der Waals surface area contributed by atoms with Crippen LogP contribution in [-0.2, 0) is 22.3 Å². The molecule has 0 atom stereocenters. The Kier molecular flexibility index (Phi) is 4.18. The number of primary sulfonamides is 1. The molecule has 0 saturated heterocycles. The van der Waals surface area contributed by atoms with Crippen LogP contribution in [0.5, 0.6) is 0 Å². The second-order valence-corrected chi connectivity index (χ2v) is 6.89. The van der Waals surface area contributed by atoms with Crippen molar-refractivity contribution in [3.05, 3.63) is 45.9 Å². The molecule has 0 amide bonds. The van der Waals surface area contributed by atoms with E-state index in [4.69, 9.17) is 5.14 Å². The van der Waals surface area contributed by atoms with E-state index in [9.17, 15) is 8.42 Å². The maximum absolute atomic E-state index is 11.0. The van der Waals surface area contributed by atoms with Crippen molar-refractivity contribution in [1.82, 2.24) is 4.98 Å². The number of nitrogens with one attached hydrogen (secondary N) is 1. The first-order valence-corrected chi connectivity index (χ1v) is 8.26. The van der Waals surface area contributed by atoms with Crippen LogP contribution < -0.4 is 10.5 Å². The molecule has 0 fully saturated rings. The fourth-order valence-electron chi connectivity index (χ4n) is 1.63. The zero-order valence-electron chi connectivity index (χ0n) is 10.5. The number of thiazole rings is 1. The summed E-state index contributed by atoms with van der Waals surface area (Å²) in [4.78, 5) is 4.35. The third-order valence-corrected chi connectivity index (χ3v) is 4.02. The van der Waals surface area contributed by atoms with Crippen molar-refractivity contribution < 1.29 is 8.42 Å². The summed E-state index contributed by atoms with van der Waals surface area (Å²) in [5.74, 6) is -0.140. The predicted molar refractivity (Wildman–Crippen MR) is 77.4 cm³/mol. The highest BCUT2D eigenvalue weighted by molar-refractivity contribution is 7.88. The van der Waals surface area contributed by atoms with Crippen molar-refractivity contribution >= 4 is 27.0 Å². The Bertz CT molecular complexity index is 648. The molecule has 0 aliphatic rings. The van der Waals surface area contributed by atoms with E-state index in [-0.39, 0.29) is 5.75 Å². The number of benzene rings is 1. The average Bonchev–Trinajstić information content (AvgIpc) is 2.72. The molecule has 0 saturated carbocycles. The van der Waals surface area contributed by atoms with Gasteiger partial charge < -0.3 is 5.32 Å². The van der Waals surface area contributed by atoms with Gasteiger partial charge in [0.15, 0.2) is 0 Å². The lowest BCUT2D eigenvalue weighted by Gasteiger charge is -2.05. The van der Waals surface area contributed by atoms with Gasteiger partial charge in [-0.15, -0.1) is 11.3 Å². The first-order valence-electron chi connectivity index (χ1n) is 5.67. The van der Waals surface area contributed by atoms with E-state index in [1.54, 1.807) is 23.5 Å². The molecule has 0 unspecified atom stereocenters. The van der Waals surface area contributed by atoms with Gasteiger partial charge in [0.05, 0.1) is 23.0 Å². The summed E-state index contributed by atoms with van der Waals surface area (Å²) >= 11 is 1.62. The molecular weight excluding hydrogens is 282 g/mol. The van der Waals surface area contributed by atoms with Crippen LogP contribution in [0, 0.1) is 6.92 Å². The third kappa shape index (κ3) is 4.62. The van der Waals surface area contributed by atoms with Gasteiger partial charge in [0, 0.05) is 11.1 Å². The van der Waals surface area contributed by atoms with Crippen molar-refractivity contribution in [1.29, 1.82) is 0 Å². The summed E-state index contributed by atoms with van der Waals surface area (Å²) < 4.78 is 21.9. The van der Waals surface area contributed by atoms with Crippen LogP contribution in [0.4, 0.5) is 5.69 Å². The maximum Gasteiger partial charge on any atom is 0.213 e. The first kappa shape index (κ1) is 14.0. The molecule has 0 aliphatic carbocycles. The number of hydrogen-bond donors (Lipinski definition) is 2. The van der Waals surface area contributed by atoms with Crippen LogP contribution in [0.2, 0.25) is 0 Å². The van der Waals surface area contributed by atoms with E-state index < -0.39 is 10.0 Å². The van der Waals surface area contributed by atoms with Gasteiger partial charge in [-0.3, -0.25) is 0 Å². The molecule has 1 heterocycles. The Labute approximate surface area is 116 Å². The van der Waals surface area contributed by atoms with Gasteiger partial charge >= 0.3 is 0 Å². The summed E-state index contributed by atoms with van der Waals surface area (Å²) in [5, 5.41) is 11.3. The minimum Gasteiger partial charge on any atom is -0.379 e. The number of sulfonamides is 1. The summed E-state index contributed by atoms with van der Waals surface area (Å²) in [6.45, 7) is 2.62. The molecule has 5 nitrogen and oxygen atoms in total. The molecule has 0 aliphatic heterocycles. The molecule has 2 rings (SSSR count). The zero-order chi connectivity index (χ0) is 13.9. The highest BCUT2D eigenvalue weighted by Crippen LogP contribution is 2.14. The average molecular weight is 297 g/mol. The van der Waals surface area contributed by atoms with E-state index >= 15 is 0 Å². The topological polar surface area (TPSA) is 85.1 Å². The summed E-state index contributed by atoms with van der Waals surface area (Å²) in [5.41, 5.74) is 2.59. The van der Waals surface area contributed by atoms with Gasteiger partial charge in [-0.2, -0.15) is 0 Å². The lowest BCUT2D eigenvalue weighted by atomic mass is 10.2. The number of hydrogen-bond acceptors (Lipinski definition) is 5. The monoisotopic (exact) mass is 297 g/mol. The number of rotatable bonds is 5. The lowest BCUT2D eigenvalue weighted by molar-refractivity contribution is 0.597. The molecule has 19 heavy (non-hydrogen) atoms. The summed E-state index contributed by atoms with van der Waals surface area (Å²) in [6, 6.07) is 7.16. The molecule has 2 aromatic rings. The fraction of sp³-hybridized carbons (Fsp3) is 0.250. The molecule has 1 aromatic heterocycles. The fourth-order valence-corrected chi connectivity index (χ4v) is 2.90. The Morgan fingerprint density at radius 3 is 2.53 bits per heavy atom. The molecule has 0 bridgehead atoms. The Morgan fingerprint density at radius 2 is 2.00 bits per heavy atom. The van der Waals surface area contributed by atoms with Crippen LogP contribution in [0.25, 0.3) is 0 Å². The number of aromatic nitrogens is 1. The highest BCUT2D eigenvalue weighted by atomic mass is 32.2. The molecule has 1 aromatic carbocycles. The minimum atomic E-state index is -3.47. The number of aryl methyl sites for hydroxylation is 1. The Morgan fingerprint density at radius 1 is 1.32 bits per heavy atom. The molecular formula is C12H15N3O2S2. The number of anilines is 1. The van der Waals surface area contributed by atoms with Crippen LogP contribution in [0.1, 0.15) is 16.3 Å². The summed E-state index contributed by atoms with van der Waals surface area (Å²) in [7, 11) is -3.47. The first-order chi connectivity index (χ1) is 8.92. The standard InChI is InChI=1S/C12H15N3O2S2/c1-9-15-12(7-18-9)6-14-11-4-2-10(3-5-11)8-19(13,16)17/h2-5,7,14H,6,8H2,1H3,(H2,13,16,17). The third-order valence-electron chi connectivity index (χ3n) is 2.46. The maximum atomic E-state index is 11.0. The number of nitrogens with zero attached hydrogens (tertiary/aromatic N) is 1. The number of nitrogens with two attached hydrogens (primary N) is 1. The quantitative estimate of drug-likeness (QED) is 0.882. The second kappa shape index (κ2) is 5.68. The van der Waals surface area contributed by atoms with Crippen LogP contribution in [0.3, 0.4) is 0 Å². The van der Waals surface area contributed by atoms with Crippen LogP contribution >= 0.6 is 11.3 Å². The molecule has 0 radical (unpaired) electrons. The van der Waals surface area contributed by atoms with Gasteiger partial charge in [0.2, 0.25) is 10.0 Å². The molecule has 102 valence electrons. The van der Waals surface area contributed by atoms with Crippen molar-refractivity contribution in [2.45, 2.75) is 19.2 Å². The SMILES string of the molecule is Cc1nc(CNc2ccc(CS(N)(=O)=O)cc2)cs1. The van der Waals surface area contributed by atoms with E-state index in [1.807, 2.05) is 24.4 Å². The van der Waals surface area contributed by atoms with Gasteiger partial charge in [-0.05, 0) is 24.6 Å².